The maximum Gasteiger partial charge on any atom is 0.243 e. The van der Waals surface area contributed by atoms with Crippen LogP contribution in [0.3, 0.4) is 0 Å². The summed E-state index contributed by atoms with van der Waals surface area (Å²) in [6.07, 6.45) is 3.26. The summed E-state index contributed by atoms with van der Waals surface area (Å²) in [7, 11) is -0.742. The lowest BCUT2D eigenvalue weighted by Gasteiger charge is -2.32. The van der Waals surface area contributed by atoms with E-state index in [2.05, 4.69) is 12.2 Å². The van der Waals surface area contributed by atoms with Crippen molar-refractivity contribution in [2.75, 3.05) is 27.3 Å². The molecule has 27 heavy (non-hydrogen) atoms. The first-order valence-corrected chi connectivity index (χ1v) is 10.8. The Morgan fingerprint density at radius 1 is 1.30 bits per heavy atom. The summed E-state index contributed by atoms with van der Waals surface area (Å²) in [6, 6.07) is 4.64. The van der Waals surface area contributed by atoms with E-state index in [1.54, 1.807) is 6.07 Å². The summed E-state index contributed by atoms with van der Waals surface area (Å²) >= 11 is 0. The molecule has 2 rings (SSSR count). The Kier molecular flexibility index (Phi) is 7.49. The molecule has 1 aliphatic heterocycles. The molecule has 0 bridgehead atoms. The van der Waals surface area contributed by atoms with Gasteiger partial charge in [-0.05, 0) is 38.3 Å². The molecule has 1 saturated heterocycles. The third-order valence-electron chi connectivity index (χ3n) is 4.86. The predicted molar refractivity (Wildman–Crippen MR) is 104 cm³/mol. The molecule has 0 spiro atoms. The fraction of sp³-hybridized carbons (Fsp3) is 0.632. The second kappa shape index (κ2) is 9.41. The third-order valence-corrected chi connectivity index (χ3v) is 6.72. The summed E-state index contributed by atoms with van der Waals surface area (Å²) in [5.74, 6) is 0.437. The van der Waals surface area contributed by atoms with Crippen LogP contribution in [0.2, 0.25) is 0 Å². The Hall–Kier alpha value is -1.80. The number of amides is 1. The number of benzene rings is 1. The van der Waals surface area contributed by atoms with Gasteiger partial charge in [-0.1, -0.05) is 13.3 Å². The van der Waals surface area contributed by atoms with Crippen LogP contribution in [-0.2, 0) is 14.8 Å². The van der Waals surface area contributed by atoms with Crippen LogP contribution in [0, 0.1) is 5.92 Å². The Labute approximate surface area is 162 Å². The highest BCUT2D eigenvalue weighted by atomic mass is 32.2. The first kappa shape index (κ1) is 21.5. The minimum absolute atomic E-state index is 0.0665. The van der Waals surface area contributed by atoms with Crippen molar-refractivity contribution in [1.29, 1.82) is 0 Å². The van der Waals surface area contributed by atoms with E-state index < -0.39 is 10.0 Å². The molecule has 0 radical (unpaired) electrons. The van der Waals surface area contributed by atoms with Crippen LogP contribution in [0.1, 0.15) is 39.5 Å². The summed E-state index contributed by atoms with van der Waals surface area (Å²) in [5.41, 5.74) is 0. The molecular formula is C19H30N2O5S. The van der Waals surface area contributed by atoms with E-state index in [4.69, 9.17) is 9.47 Å². The molecule has 2 atom stereocenters. The largest absolute Gasteiger partial charge is 0.493 e. The lowest BCUT2D eigenvalue weighted by atomic mass is 9.98. The van der Waals surface area contributed by atoms with Crippen molar-refractivity contribution in [2.45, 2.75) is 50.5 Å². The van der Waals surface area contributed by atoms with Crippen LogP contribution in [-0.4, -0.2) is 52.0 Å². The number of methoxy groups -OCH3 is 2. The average molecular weight is 399 g/mol. The van der Waals surface area contributed by atoms with Crippen LogP contribution in [0.25, 0.3) is 0 Å². The number of hydrogen-bond donors (Lipinski definition) is 1. The highest BCUT2D eigenvalue weighted by Crippen LogP contribution is 2.32. The zero-order valence-corrected chi connectivity index (χ0v) is 17.3. The number of rotatable bonds is 8. The molecule has 0 aromatic heterocycles. The van der Waals surface area contributed by atoms with E-state index in [1.165, 1.54) is 30.7 Å². The van der Waals surface area contributed by atoms with Gasteiger partial charge in [0.05, 0.1) is 25.0 Å². The maximum absolute atomic E-state index is 13.0. The van der Waals surface area contributed by atoms with Gasteiger partial charge in [0.25, 0.3) is 0 Å². The molecule has 1 heterocycles. The van der Waals surface area contributed by atoms with Crippen LogP contribution in [0.4, 0.5) is 0 Å². The van der Waals surface area contributed by atoms with Gasteiger partial charge in [0, 0.05) is 25.2 Å². The van der Waals surface area contributed by atoms with Gasteiger partial charge in [0.15, 0.2) is 11.5 Å². The summed E-state index contributed by atoms with van der Waals surface area (Å²) in [6.45, 7) is 4.65. The summed E-state index contributed by atoms with van der Waals surface area (Å²) < 4.78 is 37.9. The zero-order chi connectivity index (χ0) is 20.0. The third kappa shape index (κ3) is 5.13. The molecule has 7 nitrogen and oxygen atoms in total. The van der Waals surface area contributed by atoms with Gasteiger partial charge in [0.1, 0.15) is 0 Å². The van der Waals surface area contributed by atoms with Gasteiger partial charge in [-0.2, -0.15) is 4.31 Å². The molecule has 0 aliphatic carbocycles. The van der Waals surface area contributed by atoms with Crippen molar-refractivity contribution < 1.29 is 22.7 Å². The van der Waals surface area contributed by atoms with Crippen LogP contribution in [0.5, 0.6) is 11.5 Å². The number of piperidine rings is 1. The number of sulfonamides is 1. The van der Waals surface area contributed by atoms with E-state index >= 15 is 0 Å². The van der Waals surface area contributed by atoms with Crippen LogP contribution >= 0.6 is 0 Å². The number of nitrogens with zero attached hydrogens (tertiary/aromatic N) is 1. The molecule has 1 fully saturated rings. The highest BCUT2D eigenvalue weighted by Gasteiger charge is 2.34. The van der Waals surface area contributed by atoms with Gasteiger partial charge < -0.3 is 14.8 Å². The fourth-order valence-electron chi connectivity index (χ4n) is 3.37. The SMILES string of the molecule is CCC[C@H](C)NC(=O)[C@H]1CCCN(S(=O)(=O)c2ccc(OC)c(OC)c2)C1. The highest BCUT2D eigenvalue weighted by molar-refractivity contribution is 7.89. The smallest absolute Gasteiger partial charge is 0.243 e. The van der Waals surface area contributed by atoms with E-state index in [9.17, 15) is 13.2 Å². The predicted octanol–water partition coefficient (Wildman–Crippen LogP) is 2.41. The average Bonchev–Trinajstić information content (AvgIpc) is 2.67. The standard InChI is InChI=1S/C19H30N2O5S/c1-5-7-14(2)20-19(22)15-8-6-11-21(13-15)27(23,24)16-9-10-17(25-3)18(12-16)26-4/h9-10,12,14-15H,5-8,11,13H2,1-4H3,(H,20,22)/t14-,15-/m0/s1. The topological polar surface area (TPSA) is 84.9 Å². The Morgan fingerprint density at radius 3 is 2.63 bits per heavy atom. The lowest BCUT2D eigenvalue weighted by Crippen LogP contribution is -2.47. The van der Waals surface area contributed by atoms with Crippen molar-refractivity contribution >= 4 is 15.9 Å². The first-order valence-electron chi connectivity index (χ1n) is 9.36. The second-order valence-electron chi connectivity index (χ2n) is 6.92. The van der Waals surface area contributed by atoms with E-state index in [-0.39, 0.29) is 29.3 Å². The quantitative estimate of drug-likeness (QED) is 0.727. The molecule has 0 unspecified atom stereocenters. The molecule has 1 aromatic rings. The van der Waals surface area contributed by atoms with Crippen LogP contribution < -0.4 is 14.8 Å². The number of carbonyl (C=O) groups is 1. The molecule has 1 aliphatic rings. The van der Waals surface area contributed by atoms with Crippen molar-refractivity contribution in [3.63, 3.8) is 0 Å². The number of ether oxygens (including phenoxy) is 2. The van der Waals surface area contributed by atoms with Crippen molar-refractivity contribution in [3.8, 4) is 11.5 Å². The summed E-state index contributed by atoms with van der Waals surface area (Å²) in [4.78, 5) is 12.6. The number of carbonyl (C=O) groups excluding carboxylic acids is 1. The van der Waals surface area contributed by atoms with Gasteiger partial charge in [-0.3, -0.25) is 4.79 Å². The van der Waals surface area contributed by atoms with Gasteiger partial charge in [-0.15, -0.1) is 0 Å². The second-order valence-corrected chi connectivity index (χ2v) is 8.86. The first-order chi connectivity index (χ1) is 12.8. The lowest BCUT2D eigenvalue weighted by molar-refractivity contribution is -0.126. The Balaban J connectivity index is 2.15. The zero-order valence-electron chi connectivity index (χ0n) is 16.5. The molecule has 1 N–H and O–H groups in total. The Morgan fingerprint density at radius 2 is 2.00 bits per heavy atom. The van der Waals surface area contributed by atoms with Gasteiger partial charge >= 0.3 is 0 Å². The molecule has 1 aromatic carbocycles. The fourth-order valence-corrected chi connectivity index (χ4v) is 4.91. The maximum atomic E-state index is 13.0. The van der Waals surface area contributed by atoms with E-state index in [0.29, 0.717) is 30.9 Å². The van der Waals surface area contributed by atoms with Crippen LogP contribution in [0.15, 0.2) is 23.1 Å². The number of hydrogen-bond acceptors (Lipinski definition) is 5. The molecule has 8 heteroatoms. The van der Waals surface area contributed by atoms with E-state index in [1.807, 2.05) is 6.92 Å². The van der Waals surface area contributed by atoms with Crippen molar-refractivity contribution in [3.05, 3.63) is 18.2 Å². The molecule has 0 saturated carbocycles. The van der Waals surface area contributed by atoms with Gasteiger partial charge in [-0.25, -0.2) is 8.42 Å². The minimum atomic E-state index is -3.71. The minimum Gasteiger partial charge on any atom is -0.493 e. The molecule has 152 valence electrons. The number of nitrogens with one attached hydrogen (secondary N) is 1. The molecular weight excluding hydrogens is 368 g/mol. The van der Waals surface area contributed by atoms with E-state index in [0.717, 1.165) is 12.8 Å². The molecule has 1 amide bonds. The normalized spacial score (nSPS) is 19.3. The summed E-state index contributed by atoms with van der Waals surface area (Å²) in [5, 5.41) is 3.00. The monoisotopic (exact) mass is 398 g/mol. The van der Waals surface area contributed by atoms with Crippen molar-refractivity contribution in [2.24, 2.45) is 5.92 Å². The Bertz CT molecular complexity index is 750. The van der Waals surface area contributed by atoms with Gasteiger partial charge in [0.2, 0.25) is 15.9 Å². The van der Waals surface area contributed by atoms with Crippen molar-refractivity contribution in [1.82, 2.24) is 9.62 Å².